The van der Waals surface area contributed by atoms with Crippen molar-refractivity contribution in [1.29, 1.82) is 0 Å². The molecule has 7 rings (SSSR count). The molecular weight excluding hydrogens is 624 g/mol. The predicted octanol–water partition coefficient (Wildman–Crippen LogP) is 7.40. The number of nitrogens with one attached hydrogen (secondary N) is 1. The molecule has 1 fully saturated rings. The van der Waals surface area contributed by atoms with Gasteiger partial charge in [0, 0.05) is 31.6 Å². The van der Waals surface area contributed by atoms with Gasteiger partial charge in [0.15, 0.2) is 6.29 Å². The number of aliphatic hydroxyl groups excluding tert-OH is 1. The van der Waals surface area contributed by atoms with Gasteiger partial charge in [-0.1, -0.05) is 109 Å². The van der Waals surface area contributed by atoms with E-state index in [2.05, 4.69) is 87.9 Å². The largest absolute Gasteiger partial charge is 0.392 e. The first-order chi connectivity index (χ1) is 24.5. The van der Waals surface area contributed by atoms with Gasteiger partial charge >= 0.3 is 0 Å². The topological polar surface area (TPSA) is 96.8 Å². The van der Waals surface area contributed by atoms with Crippen molar-refractivity contribution in [2.24, 2.45) is 0 Å². The second-order valence-electron chi connectivity index (χ2n) is 12.8. The van der Waals surface area contributed by atoms with Crippen LogP contribution in [0.2, 0.25) is 0 Å². The summed E-state index contributed by atoms with van der Waals surface area (Å²) in [6, 6.07) is 42.4. The summed E-state index contributed by atoms with van der Waals surface area (Å²) >= 11 is 0. The maximum atomic E-state index is 12.9. The van der Waals surface area contributed by atoms with E-state index in [-0.39, 0.29) is 30.4 Å². The molecule has 1 aromatic heterocycles. The van der Waals surface area contributed by atoms with Crippen molar-refractivity contribution >= 4 is 16.9 Å². The third-order valence-electron chi connectivity index (χ3n) is 9.00. The average molecular weight is 665 g/mol. The molecule has 1 aliphatic rings. The number of hydrogen-bond acceptors (Lipinski definition) is 7. The summed E-state index contributed by atoms with van der Waals surface area (Å²) in [7, 11) is 2.12. The van der Waals surface area contributed by atoms with Crippen LogP contribution in [-0.2, 0) is 29.2 Å². The zero-order valence-corrected chi connectivity index (χ0v) is 28.0. The Bertz CT molecular complexity index is 2040. The van der Waals surface area contributed by atoms with Gasteiger partial charge in [-0.05, 0) is 58.6 Å². The van der Waals surface area contributed by atoms with E-state index in [1.54, 1.807) is 0 Å². The summed E-state index contributed by atoms with van der Waals surface area (Å²) < 4.78 is 13.2. The van der Waals surface area contributed by atoms with Crippen molar-refractivity contribution in [3.05, 3.63) is 167 Å². The van der Waals surface area contributed by atoms with Crippen LogP contribution in [-0.4, -0.2) is 45.6 Å². The fraction of sp³-hybridized carbons (Fsp3) is 0.214. The normalized spacial score (nSPS) is 17.5. The van der Waals surface area contributed by atoms with Gasteiger partial charge in [-0.15, -0.1) is 0 Å². The Kier molecular flexibility index (Phi) is 10.3. The molecule has 0 saturated carbocycles. The number of fused-ring (bicyclic) bond motifs is 1. The smallest absolute Gasteiger partial charge is 0.271 e. The molecule has 3 unspecified atom stereocenters. The molecule has 1 amide bonds. The van der Waals surface area contributed by atoms with E-state index < -0.39 is 6.29 Å². The Labute approximate surface area is 292 Å². The van der Waals surface area contributed by atoms with Crippen molar-refractivity contribution in [1.82, 2.24) is 20.2 Å². The Balaban J connectivity index is 1.03. The predicted molar refractivity (Wildman–Crippen MR) is 194 cm³/mol. The second kappa shape index (κ2) is 15.5. The van der Waals surface area contributed by atoms with Crippen LogP contribution in [0.25, 0.3) is 22.2 Å². The van der Waals surface area contributed by atoms with Gasteiger partial charge in [0.1, 0.15) is 5.69 Å². The minimum absolute atomic E-state index is 0.00878. The van der Waals surface area contributed by atoms with Crippen molar-refractivity contribution in [2.45, 2.75) is 44.6 Å². The first kappa shape index (κ1) is 33.3. The van der Waals surface area contributed by atoms with E-state index in [0.29, 0.717) is 12.1 Å². The molecule has 252 valence electrons. The lowest BCUT2D eigenvalue weighted by molar-refractivity contribution is -0.252. The SMILES string of the molecule is CN(Cc1ccccc1)CC1CC(c2ccc(CO)cc2)OC(c2ccc(-c3cccc(CNC(=O)c4cnc5ccccc5n4)c3)cc2)O1. The molecule has 0 radical (unpaired) electrons. The van der Waals surface area contributed by atoms with E-state index >= 15 is 0 Å². The molecular formula is C42H40N4O4. The van der Waals surface area contributed by atoms with Crippen molar-refractivity contribution in [3.63, 3.8) is 0 Å². The number of carbonyl (C=O) groups is 1. The molecule has 6 aromatic rings. The van der Waals surface area contributed by atoms with Gasteiger partial charge in [0.25, 0.3) is 5.91 Å². The lowest BCUT2D eigenvalue weighted by Crippen LogP contribution is -2.37. The maximum absolute atomic E-state index is 12.9. The Morgan fingerprint density at radius 3 is 2.28 bits per heavy atom. The molecule has 2 N–H and O–H groups in total. The molecule has 1 aliphatic heterocycles. The number of hydrogen-bond donors (Lipinski definition) is 2. The third-order valence-corrected chi connectivity index (χ3v) is 9.00. The summed E-state index contributed by atoms with van der Waals surface area (Å²) in [5.41, 5.74) is 8.95. The van der Waals surface area contributed by atoms with Crippen molar-refractivity contribution in [2.75, 3.05) is 13.6 Å². The lowest BCUT2D eigenvalue weighted by Gasteiger charge is -2.38. The highest BCUT2D eigenvalue weighted by molar-refractivity contribution is 5.93. The number of nitrogens with zero attached hydrogens (tertiary/aromatic N) is 3. The minimum atomic E-state index is -0.532. The van der Waals surface area contributed by atoms with Crippen LogP contribution >= 0.6 is 0 Å². The van der Waals surface area contributed by atoms with Crippen molar-refractivity contribution in [3.8, 4) is 11.1 Å². The number of carbonyl (C=O) groups excluding carboxylic acids is 1. The van der Waals surface area contributed by atoms with E-state index in [0.717, 1.165) is 58.4 Å². The van der Waals surface area contributed by atoms with E-state index in [1.807, 2.05) is 66.7 Å². The number of para-hydroxylation sites is 2. The highest BCUT2D eigenvalue weighted by atomic mass is 16.7. The highest BCUT2D eigenvalue weighted by Crippen LogP contribution is 2.38. The molecule has 0 aliphatic carbocycles. The van der Waals surface area contributed by atoms with Gasteiger partial charge < -0.3 is 19.9 Å². The number of aromatic nitrogens is 2. The summed E-state index contributed by atoms with van der Waals surface area (Å²) in [6.45, 7) is 1.96. The quantitative estimate of drug-likeness (QED) is 0.149. The maximum Gasteiger partial charge on any atom is 0.271 e. The van der Waals surface area contributed by atoms with Crippen LogP contribution in [0.15, 0.2) is 134 Å². The molecule has 8 nitrogen and oxygen atoms in total. The van der Waals surface area contributed by atoms with Crippen LogP contribution in [0.1, 0.15) is 57.1 Å². The summed E-state index contributed by atoms with van der Waals surface area (Å²) in [4.78, 5) is 24.0. The monoisotopic (exact) mass is 664 g/mol. The first-order valence-electron chi connectivity index (χ1n) is 16.9. The Morgan fingerprint density at radius 1 is 0.780 bits per heavy atom. The van der Waals surface area contributed by atoms with Crippen LogP contribution in [0.5, 0.6) is 0 Å². The van der Waals surface area contributed by atoms with Crippen LogP contribution in [0.3, 0.4) is 0 Å². The molecule has 8 heteroatoms. The van der Waals surface area contributed by atoms with Gasteiger partial charge in [0.05, 0.1) is 36.0 Å². The Morgan fingerprint density at radius 2 is 1.50 bits per heavy atom. The number of rotatable bonds is 11. The van der Waals surface area contributed by atoms with Gasteiger partial charge in [-0.25, -0.2) is 4.98 Å². The fourth-order valence-corrected chi connectivity index (χ4v) is 6.37. The van der Waals surface area contributed by atoms with Crippen LogP contribution < -0.4 is 5.32 Å². The molecule has 5 aromatic carbocycles. The standard InChI is InChI=1S/C42H40N4O4/c1-46(26-29-8-3-2-4-9-29)27-36-23-40(33-16-14-30(28-47)15-17-33)50-42(49-36)34-20-18-32(19-21-34)35-11-7-10-31(22-35)24-44-41(48)39-25-43-37-12-5-6-13-38(37)45-39/h2-22,25,36,40,42,47H,23-24,26-28H2,1H3,(H,44,48). The van der Waals surface area contributed by atoms with E-state index in [4.69, 9.17) is 9.47 Å². The van der Waals surface area contributed by atoms with E-state index in [9.17, 15) is 9.90 Å². The highest BCUT2D eigenvalue weighted by Gasteiger charge is 2.32. The lowest BCUT2D eigenvalue weighted by atomic mass is 9.99. The minimum Gasteiger partial charge on any atom is -0.392 e. The first-order valence-corrected chi connectivity index (χ1v) is 16.9. The summed E-state index contributed by atoms with van der Waals surface area (Å²) in [6.07, 6.45) is 1.51. The number of benzene rings is 5. The number of aliphatic hydroxyl groups is 1. The van der Waals surface area contributed by atoms with Gasteiger partial charge in [0.2, 0.25) is 0 Å². The van der Waals surface area contributed by atoms with Gasteiger partial charge in [-0.2, -0.15) is 0 Å². The molecule has 0 bridgehead atoms. The van der Waals surface area contributed by atoms with E-state index in [1.165, 1.54) is 11.8 Å². The third kappa shape index (κ3) is 8.13. The molecule has 50 heavy (non-hydrogen) atoms. The van der Waals surface area contributed by atoms with Gasteiger partial charge in [-0.3, -0.25) is 14.7 Å². The summed E-state index contributed by atoms with van der Waals surface area (Å²) in [5, 5.41) is 12.5. The number of likely N-dealkylation sites (N-methyl/N-ethyl adjacent to an activating group) is 1. The molecule has 2 heterocycles. The Hall–Kier alpha value is -5.25. The van der Waals surface area contributed by atoms with Crippen LogP contribution in [0.4, 0.5) is 0 Å². The second-order valence-corrected chi connectivity index (χ2v) is 12.8. The number of ether oxygens (including phenoxy) is 2. The number of amides is 1. The van der Waals surface area contributed by atoms with Crippen molar-refractivity contribution < 1.29 is 19.4 Å². The molecule has 3 atom stereocenters. The zero-order chi connectivity index (χ0) is 34.3. The molecule has 1 saturated heterocycles. The average Bonchev–Trinajstić information content (AvgIpc) is 3.17. The zero-order valence-electron chi connectivity index (χ0n) is 28.0. The molecule has 0 spiro atoms. The van der Waals surface area contributed by atoms with Crippen LogP contribution in [0, 0.1) is 0 Å². The fourth-order valence-electron chi connectivity index (χ4n) is 6.37. The summed E-state index contributed by atoms with van der Waals surface area (Å²) in [5.74, 6) is -0.266.